The van der Waals surface area contributed by atoms with Crippen molar-refractivity contribution in [3.8, 4) is 0 Å². The SMILES string of the molecule is O=C(Nc1ccc(C(=O)N2CCCC2)cc1)C1CCCCN1S(=O)(=O)c1ccccc1. The van der Waals surface area contributed by atoms with Gasteiger partial charge in [-0.1, -0.05) is 24.6 Å². The first-order chi connectivity index (χ1) is 15.0. The smallest absolute Gasteiger partial charge is 0.253 e. The number of hydrogen-bond acceptors (Lipinski definition) is 4. The molecule has 8 heteroatoms. The molecule has 2 aliphatic rings. The second-order valence-corrected chi connectivity index (χ2v) is 9.90. The maximum atomic E-state index is 13.1. The van der Waals surface area contributed by atoms with Gasteiger partial charge >= 0.3 is 0 Å². The molecule has 1 atom stereocenters. The molecule has 4 rings (SSSR count). The van der Waals surface area contributed by atoms with Gasteiger partial charge in [-0.05, 0) is 62.1 Å². The number of anilines is 1. The first kappa shape index (κ1) is 21.5. The minimum Gasteiger partial charge on any atom is -0.339 e. The van der Waals surface area contributed by atoms with Gasteiger partial charge in [0.25, 0.3) is 5.91 Å². The summed E-state index contributed by atoms with van der Waals surface area (Å²) >= 11 is 0. The Morgan fingerprint density at radius 3 is 2.16 bits per heavy atom. The van der Waals surface area contributed by atoms with Crippen LogP contribution in [0.1, 0.15) is 42.5 Å². The predicted octanol–water partition coefficient (Wildman–Crippen LogP) is 3.10. The van der Waals surface area contributed by atoms with Gasteiger partial charge in [0, 0.05) is 30.9 Å². The highest BCUT2D eigenvalue weighted by Gasteiger charge is 2.37. The van der Waals surface area contributed by atoms with E-state index in [4.69, 9.17) is 0 Å². The zero-order chi connectivity index (χ0) is 21.8. The second kappa shape index (κ2) is 9.20. The summed E-state index contributed by atoms with van der Waals surface area (Å²) in [5.74, 6) is -0.347. The molecule has 2 amide bonds. The molecule has 1 unspecified atom stereocenters. The van der Waals surface area contributed by atoms with Crippen LogP contribution in [0.25, 0.3) is 0 Å². The number of nitrogens with zero attached hydrogens (tertiary/aromatic N) is 2. The predicted molar refractivity (Wildman–Crippen MR) is 118 cm³/mol. The summed E-state index contributed by atoms with van der Waals surface area (Å²) in [6, 6.07) is 14.3. The first-order valence-corrected chi connectivity index (χ1v) is 12.2. The third-order valence-electron chi connectivity index (χ3n) is 5.90. The van der Waals surface area contributed by atoms with Crippen LogP contribution in [0.3, 0.4) is 0 Å². The van der Waals surface area contributed by atoms with Gasteiger partial charge in [-0.2, -0.15) is 4.31 Å². The summed E-state index contributed by atoms with van der Waals surface area (Å²) in [5.41, 5.74) is 1.14. The fourth-order valence-corrected chi connectivity index (χ4v) is 5.88. The highest BCUT2D eigenvalue weighted by Crippen LogP contribution is 2.26. The molecule has 0 radical (unpaired) electrons. The number of hydrogen-bond donors (Lipinski definition) is 1. The third-order valence-corrected chi connectivity index (χ3v) is 7.82. The highest BCUT2D eigenvalue weighted by molar-refractivity contribution is 7.89. The van der Waals surface area contributed by atoms with Gasteiger partial charge in [-0.25, -0.2) is 8.42 Å². The summed E-state index contributed by atoms with van der Waals surface area (Å²) in [7, 11) is -3.75. The Morgan fingerprint density at radius 1 is 0.839 bits per heavy atom. The van der Waals surface area contributed by atoms with Crippen molar-refractivity contribution in [3.63, 3.8) is 0 Å². The molecule has 31 heavy (non-hydrogen) atoms. The zero-order valence-corrected chi connectivity index (χ0v) is 18.2. The summed E-state index contributed by atoms with van der Waals surface area (Å²) < 4.78 is 27.5. The quantitative estimate of drug-likeness (QED) is 0.772. The normalized spacial score (nSPS) is 19.9. The van der Waals surface area contributed by atoms with E-state index in [-0.39, 0.29) is 16.7 Å². The number of benzene rings is 2. The van der Waals surface area contributed by atoms with Crippen molar-refractivity contribution in [1.82, 2.24) is 9.21 Å². The molecular formula is C23H27N3O4S. The average molecular weight is 442 g/mol. The van der Waals surface area contributed by atoms with Crippen LogP contribution < -0.4 is 5.32 Å². The van der Waals surface area contributed by atoms with E-state index in [1.807, 2.05) is 4.90 Å². The van der Waals surface area contributed by atoms with Crippen molar-refractivity contribution >= 4 is 27.5 Å². The molecule has 1 N–H and O–H groups in total. The van der Waals surface area contributed by atoms with E-state index in [0.717, 1.165) is 38.8 Å². The number of sulfonamides is 1. The fourth-order valence-electron chi connectivity index (χ4n) is 4.21. The van der Waals surface area contributed by atoms with Crippen molar-refractivity contribution in [2.75, 3.05) is 25.0 Å². The van der Waals surface area contributed by atoms with Crippen LogP contribution >= 0.6 is 0 Å². The number of rotatable bonds is 5. The Morgan fingerprint density at radius 2 is 1.48 bits per heavy atom. The van der Waals surface area contributed by atoms with Crippen LogP contribution in [-0.4, -0.2) is 55.1 Å². The highest BCUT2D eigenvalue weighted by atomic mass is 32.2. The van der Waals surface area contributed by atoms with Gasteiger partial charge in [0.05, 0.1) is 4.90 Å². The topological polar surface area (TPSA) is 86.8 Å². The lowest BCUT2D eigenvalue weighted by molar-refractivity contribution is -0.120. The van der Waals surface area contributed by atoms with E-state index < -0.39 is 16.1 Å². The minimum absolute atomic E-state index is 0.00258. The maximum absolute atomic E-state index is 13.1. The van der Waals surface area contributed by atoms with Crippen LogP contribution in [-0.2, 0) is 14.8 Å². The number of carbonyl (C=O) groups is 2. The molecule has 2 aliphatic heterocycles. The Hall–Kier alpha value is -2.71. The van der Waals surface area contributed by atoms with Gasteiger partial charge in [-0.15, -0.1) is 0 Å². The molecule has 2 aromatic carbocycles. The van der Waals surface area contributed by atoms with Gasteiger partial charge in [0.1, 0.15) is 6.04 Å². The van der Waals surface area contributed by atoms with Crippen molar-refractivity contribution in [2.24, 2.45) is 0 Å². The van der Waals surface area contributed by atoms with Crippen molar-refractivity contribution in [1.29, 1.82) is 0 Å². The molecule has 2 saturated heterocycles. The van der Waals surface area contributed by atoms with Crippen LogP contribution in [0.5, 0.6) is 0 Å². The van der Waals surface area contributed by atoms with E-state index in [9.17, 15) is 18.0 Å². The lowest BCUT2D eigenvalue weighted by Gasteiger charge is -2.33. The van der Waals surface area contributed by atoms with Gasteiger partial charge < -0.3 is 10.2 Å². The summed E-state index contributed by atoms with van der Waals surface area (Å²) in [6.45, 7) is 1.88. The Balaban J connectivity index is 1.47. The number of likely N-dealkylation sites (tertiary alicyclic amines) is 1. The zero-order valence-electron chi connectivity index (χ0n) is 17.4. The molecule has 0 aromatic heterocycles. The van der Waals surface area contributed by atoms with Crippen LogP contribution in [0.2, 0.25) is 0 Å². The Bertz CT molecular complexity index is 1030. The Kier molecular flexibility index (Phi) is 6.38. The van der Waals surface area contributed by atoms with Crippen LogP contribution in [0, 0.1) is 0 Å². The largest absolute Gasteiger partial charge is 0.339 e. The van der Waals surface area contributed by atoms with Crippen molar-refractivity contribution < 1.29 is 18.0 Å². The van der Waals surface area contributed by atoms with E-state index in [1.165, 1.54) is 4.31 Å². The van der Waals surface area contributed by atoms with Gasteiger partial charge in [-0.3, -0.25) is 9.59 Å². The first-order valence-electron chi connectivity index (χ1n) is 10.7. The van der Waals surface area contributed by atoms with Crippen LogP contribution in [0.15, 0.2) is 59.5 Å². The fraction of sp³-hybridized carbons (Fsp3) is 0.391. The summed E-state index contributed by atoms with van der Waals surface area (Å²) in [4.78, 5) is 27.5. The van der Waals surface area contributed by atoms with Gasteiger partial charge in [0.15, 0.2) is 0 Å². The van der Waals surface area contributed by atoms with E-state index in [0.29, 0.717) is 24.2 Å². The molecule has 0 spiro atoms. The molecule has 2 heterocycles. The van der Waals surface area contributed by atoms with Gasteiger partial charge in [0.2, 0.25) is 15.9 Å². The molecule has 0 aliphatic carbocycles. The molecule has 2 aromatic rings. The van der Waals surface area contributed by atoms with Crippen molar-refractivity contribution in [3.05, 3.63) is 60.2 Å². The molecule has 7 nitrogen and oxygen atoms in total. The molecule has 0 saturated carbocycles. The molecule has 2 fully saturated rings. The summed E-state index contributed by atoms with van der Waals surface area (Å²) in [6.07, 6.45) is 4.06. The third kappa shape index (κ3) is 4.65. The maximum Gasteiger partial charge on any atom is 0.253 e. The van der Waals surface area contributed by atoms with E-state index in [1.54, 1.807) is 54.6 Å². The lowest BCUT2D eigenvalue weighted by Crippen LogP contribution is -2.49. The number of nitrogens with one attached hydrogen (secondary N) is 1. The second-order valence-electron chi connectivity index (χ2n) is 8.01. The number of amides is 2. The molecular weight excluding hydrogens is 414 g/mol. The lowest BCUT2D eigenvalue weighted by atomic mass is 10.0. The number of carbonyl (C=O) groups excluding carboxylic acids is 2. The molecule has 164 valence electrons. The number of piperidine rings is 1. The van der Waals surface area contributed by atoms with E-state index >= 15 is 0 Å². The minimum atomic E-state index is -3.75. The molecule has 0 bridgehead atoms. The van der Waals surface area contributed by atoms with E-state index in [2.05, 4.69) is 5.32 Å². The van der Waals surface area contributed by atoms with Crippen molar-refractivity contribution in [2.45, 2.75) is 43.0 Å². The standard InChI is InChI=1S/C23H27N3O4S/c27-22(24-19-13-11-18(12-14-19)23(28)25-15-6-7-16-25)21-10-4-5-17-26(21)31(29,30)20-8-2-1-3-9-20/h1-3,8-9,11-14,21H,4-7,10,15-17H2,(H,24,27). The monoisotopic (exact) mass is 441 g/mol. The summed E-state index contributed by atoms with van der Waals surface area (Å²) in [5, 5.41) is 2.83. The Labute approximate surface area is 183 Å². The average Bonchev–Trinajstić information content (AvgIpc) is 3.35. The van der Waals surface area contributed by atoms with Crippen LogP contribution in [0.4, 0.5) is 5.69 Å².